The van der Waals surface area contributed by atoms with Crippen LogP contribution in [-0.4, -0.2) is 31.1 Å². The third-order valence-corrected chi connectivity index (χ3v) is 3.78. The van der Waals surface area contributed by atoms with Crippen LogP contribution < -0.4 is 15.4 Å². The van der Waals surface area contributed by atoms with Crippen molar-refractivity contribution >= 4 is 17.3 Å². The molecule has 0 amide bonds. The summed E-state index contributed by atoms with van der Waals surface area (Å²) < 4.78 is 55.8. The third-order valence-electron chi connectivity index (χ3n) is 2.93. The number of thiazole rings is 1. The van der Waals surface area contributed by atoms with Gasteiger partial charge in [0.05, 0.1) is 13.1 Å². The van der Waals surface area contributed by atoms with E-state index in [1.165, 1.54) is 19.2 Å². The van der Waals surface area contributed by atoms with Gasteiger partial charge in [-0.1, -0.05) is 6.07 Å². The van der Waals surface area contributed by atoms with Gasteiger partial charge in [0, 0.05) is 18.5 Å². The number of halogens is 4. The van der Waals surface area contributed by atoms with Gasteiger partial charge in [-0.2, -0.15) is 13.2 Å². The number of ether oxygens (including phenoxy) is 1. The fraction of sp³-hybridized carbons (Fsp3) is 0.333. The van der Waals surface area contributed by atoms with Crippen molar-refractivity contribution in [2.24, 2.45) is 4.99 Å². The summed E-state index contributed by atoms with van der Waals surface area (Å²) in [5, 5.41) is 7.07. The van der Waals surface area contributed by atoms with E-state index in [1.807, 2.05) is 0 Å². The van der Waals surface area contributed by atoms with Crippen molar-refractivity contribution in [3.8, 4) is 5.75 Å². The predicted octanol–water partition coefficient (Wildman–Crippen LogP) is 3.05. The van der Waals surface area contributed by atoms with Crippen LogP contribution in [0.3, 0.4) is 0 Å². The number of hydrogen-bond donors (Lipinski definition) is 2. The predicted molar refractivity (Wildman–Crippen MR) is 87.2 cm³/mol. The van der Waals surface area contributed by atoms with Gasteiger partial charge in [0.25, 0.3) is 0 Å². The molecule has 25 heavy (non-hydrogen) atoms. The van der Waals surface area contributed by atoms with Gasteiger partial charge in [0.15, 0.2) is 11.7 Å². The lowest BCUT2D eigenvalue weighted by atomic mass is 10.3. The van der Waals surface area contributed by atoms with Gasteiger partial charge in [-0.3, -0.25) is 4.99 Å². The van der Waals surface area contributed by atoms with Crippen molar-refractivity contribution in [3.05, 3.63) is 46.2 Å². The van der Waals surface area contributed by atoms with E-state index in [9.17, 15) is 17.6 Å². The molecule has 0 aliphatic carbocycles. The first kappa shape index (κ1) is 19.0. The molecule has 0 saturated carbocycles. The van der Waals surface area contributed by atoms with Crippen LogP contribution in [0.25, 0.3) is 0 Å². The maximum atomic E-state index is 13.0. The highest BCUT2D eigenvalue weighted by molar-refractivity contribution is 7.09. The van der Waals surface area contributed by atoms with E-state index < -0.39 is 11.9 Å². The lowest BCUT2D eigenvalue weighted by Gasteiger charge is -2.11. The Hall–Kier alpha value is -2.36. The molecule has 0 saturated heterocycles. The molecule has 1 aromatic heterocycles. The standard InChI is InChI=1S/C15H16F4N4OS/c1-20-14(21-5-6-24-11-4-2-3-10(16)7-11)22-8-13-23-12(9-25-13)15(17,18)19/h2-4,7,9H,5-6,8H2,1H3,(H2,20,21,22). The second-order valence-corrected chi connectivity index (χ2v) is 5.73. The summed E-state index contributed by atoms with van der Waals surface area (Å²) in [6.45, 7) is 0.757. The number of aliphatic imine (C=N–C) groups is 1. The number of guanidine groups is 1. The van der Waals surface area contributed by atoms with Gasteiger partial charge >= 0.3 is 6.18 Å². The molecular formula is C15H16F4N4OS. The van der Waals surface area contributed by atoms with E-state index >= 15 is 0 Å². The van der Waals surface area contributed by atoms with Gasteiger partial charge in [0.1, 0.15) is 23.2 Å². The Labute approximate surface area is 145 Å². The first-order chi connectivity index (χ1) is 11.9. The minimum absolute atomic E-state index is 0.116. The van der Waals surface area contributed by atoms with Gasteiger partial charge in [-0.25, -0.2) is 9.37 Å². The molecule has 2 aromatic rings. The molecule has 0 aliphatic rings. The van der Waals surface area contributed by atoms with Gasteiger partial charge in [0.2, 0.25) is 0 Å². The second kappa shape index (κ2) is 8.65. The fourth-order valence-corrected chi connectivity index (χ4v) is 2.54. The molecule has 2 rings (SSSR count). The Morgan fingerprint density at radius 3 is 2.76 bits per heavy atom. The fourth-order valence-electron chi connectivity index (χ4n) is 1.80. The second-order valence-electron chi connectivity index (χ2n) is 4.78. The molecule has 0 atom stereocenters. The van der Waals surface area contributed by atoms with Crippen molar-refractivity contribution in [2.75, 3.05) is 20.2 Å². The van der Waals surface area contributed by atoms with Crippen molar-refractivity contribution < 1.29 is 22.3 Å². The molecule has 0 fully saturated rings. The van der Waals surface area contributed by atoms with Crippen LogP contribution in [0.1, 0.15) is 10.7 Å². The maximum Gasteiger partial charge on any atom is 0.434 e. The van der Waals surface area contributed by atoms with E-state index in [2.05, 4.69) is 20.6 Å². The Morgan fingerprint density at radius 2 is 2.12 bits per heavy atom. The highest BCUT2D eigenvalue weighted by atomic mass is 32.1. The molecule has 2 N–H and O–H groups in total. The number of benzene rings is 1. The largest absolute Gasteiger partial charge is 0.492 e. The monoisotopic (exact) mass is 376 g/mol. The zero-order valence-electron chi connectivity index (χ0n) is 13.2. The minimum atomic E-state index is -4.44. The Morgan fingerprint density at radius 1 is 1.32 bits per heavy atom. The maximum absolute atomic E-state index is 13.0. The molecule has 1 heterocycles. The smallest absolute Gasteiger partial charge is 0.434 e. The molecule has 0 unspecified atom stereocenters. The van der Waals surface area contributed by atoms with Gasteiger partial charge in [-0.15, -0.1) is 11.3 Å². The molecule has 1 aromatic carbocycles. The SMILES string of the molecule is CN=C(NCCOc1cccc(F)c1)NCc1nc(C(F)(F)F)cs1. The first-order valence-electron chi connectivity index (χ1n) is 7.23. The molecule has 10 heteroatoms. The Kier molecular flexibility index (Phi) is 6.57. The van der Waals surface area contributed by atoms with Crippen LogP contribution in [0, 0.1) is 5.82 Å². The summed E-state index contributed by atoms with van der Waals surface area (Å²) in [5.74, 6) is 0.420. The highest BCUT2D eigenvalue weighted by Gasteiger charge is 2.33. The van der Waals surface area contributed by atoms with Crippen molar-refractivity contribution in [1.82, 2.24) is 15.6 Å². The Bertz CT molecular complexity index is 718. The van der Waals surface area contributed by atoms with Crippen LogP contribution in [-0.2, 0) is 12.7 Å². The summed E-state index contributed by atoms with van der Waals surface area (Å²) in [6, 6.07) is 5.77. The summed E-state index contributed by atoms with van der Waals surface area (Å²) in [7, 11) is 1.53. The lowest BCUT2D eigenvalue weighted by molar-refractivity contribution is -0.140. The van der Waals surface area contributed by atoms with E-state index in [1.54, 1.807) is 12.1 Å². The zero-order chi connectivity index (χ0) is 18.3. The summed E-state index contributed by atoms with van der Waals surface area (Å²) in [5.41, 5.74) is -0.902. The number of aromatic nitrogens is 1. The van der Waals surface area contributed by atoms with E-state index in [-0.39, 0.29) is 19.0 Å². The number of nitrogens with zero attached hydrogens (tertiary/aromatic N) is 2. The molecular weight excluding hydrogens is 360 g/mol. The van der Waals surface area contributed by atoms with E-state index in [4.69, 9.17) is 4.74 Å². The third kappa shape index (κ3) is 6.22. The number of hydrogen-bond acceptors (Lipinski definition) is 4. The summed E-state index contributed by atoms with van der Waals surface area (Å²) in [4.78, 5) is 7.47. The average Bonchev–Trinajstić information content (AvgIpc) is 3.03. The van der Waals surface area contributed by atoms with Crippen LogP contribution in [0.2, 0.25) is 0 Å². The molecule has 5 nitrogen and oxygen atoms in total. The zero-order valence-corrected chi connectivity index (χ0v) is 14.0. The van der Waals surface area contributed by atoms with Gasteiger partial charge in [-0.05, 0) is 12.1 Å². The number of rotatable bonds is 6. The molecule has 0 aliphatic heterocycles. The van der Waals surface area contributed by atoms with E-state index in [0.29, 0.717) is 23.3 Å². The van der Waals surface area contributed by atoms with E-state index in [0.717, 1.165) is 16.7 Å². The van der Waals surface area contributed by atoms with Crippen LogP contribution in [0.4, 0.5) is 17.6 Å². The topological polar surface area (TPSA) is 58.5 Å². The van der Waals surface area contributed by atoms with Crippen molar-refractivity contribution in [1.29, 1.82) is 0 Å². The van der Waals surface area contributed by atoms with Crippen LogP contribution in [0.5, 0.6) is 5.75 Å². The van der Waals surface area contributed by atoms with Gasteiger partial charge < -0.3 is 15.4 Å². The molecule has 0 radical (unpaired) electrons. The van der Waals surface area contributed by atoms with Crippen LogP contribution >= 0.6 is 11.3 Å². The van der Waals surface area contributed by atoms with Crippen molar-refractivity contribution in [3.63, 3.8) is 0 Å². The summed E-state index contributed by atoms with van der Waals surface area (Å²) >= 11 is 0.919. The highest BCUT2D eigenvalue weighted by Crippen LogP contribution is 2.29. The number of nitrogens with one attached hydrogen (secondary N) is 2. The first-order valence-corrected chi connectivity index (χ1v) is 8.11. The quantitative estimate of drug-likeness (QED) is 0.352. The molecule has 136 valence electrons. The molecule has 0 spiro atoms. The average molecular weight is 376 g/mol. The normalized spacial score (nSPS) is 12.1. The lowest BCUT2D eigenvalue weighted by Crippen LogP contribution is -2.38. The Balaban J connectivity index is 1.73. The number of alkyl halides is 3. The van der Waals surface area contributed by atoms with Crippen LogP contribution in [0.15, 0.2) is 34.6 Å². The van der Waals surface area contributed by atoms with Crippen molar-refractivity contribution in [2.45, 2.75) is 12.7 Å². The summed E-state index contributed by atoms with van der Waals surface area (Å²) in [6.07, 6.45) is -4.44. The molecule has 0 bridgehead atoms. The minimum Gasteiger partial charge on any atom is -0.492 e.